The summed E-state index contributed by atoms with van der Waals surface area (Å²) in [6, 6.07) is 0. The maximum Gasteiger partial charge on any atom is 0.0701 e. The van der Waals surface area contributed by atoms with Gasteiger partial charge in [0.25, 0.3) is 0 Å². The van der Waals surface area contributed by atoms with Gasteiger partial charge in [0.2, 0.25) is 0 Å². The van der Waals surface area contributed by atoms with E-state index in [-0.39, 0.29) is 12.0 Å². The number of hydrogen-bond acceptors (Lipinski definition) is 5. The van der Waals surface area contributed by atoms with E-state index in [1.54, 1.807) is 0 Å². The fourth-order valence-electron chi connectivity index (χ4n) is 1.76. The maximum atomic E-state index is 9.36. The van der Waals surface area contributed by atoms with Gasteiger partial charge in [-0.05, 0) is 19.3 Å². The molecule has 0 radical (unpaired) electrons. The van der Waals surface area contributed by atoms with E-state index in [9.17, 15) is 5.11 Å². The second kappa shape index (κ2) is 13.8. The Bertz CT molecular complexity index is 190. The van der Waals surface area contributed by atoms with Crippen LogP contribution in [0.15, 0.2) is 0 Å². The molecule has 3 N–H and O–H groups in total. The molecule has 20 heavy (non-hydrogen) atoms. The van der Waals surface area contributed by atoms with Gasteiger partial charge in [-0.1, -0.05) is 20.3 Å². The Labute approximate surface area is 123 Å². The molecule has 0 aliphatic heterocycles. The summed E-state index contributed by atoms with van der Waals surface area (Å²) in [5.74, 6) is 0. The van der Waals surface area contributed by atoms with Gasteiger partial charge in [-0.15, -0.1) is 0 Å². The van der Waals surface area contributed by atoms with Crippen molar-refractivity contribution >= 4 is 0 Å². The molecule has 0 aromatic heterocycles. The first-order chi connectivity index (χ1) is 9.74. The van der Waals surface area contributed by atoms with Crippen molar-refractivity contribution in [1.29, 1.82) is 0 Å². The molecule has 5 heteroatoms. The summed E-state index contributed by atoms with van der Waals surface area (Å²) >= 11 is 0. The third kappa shape index (κ3) is 9.66. The van der Waals surface area contributed by atoms with Crippen molar-refractivity contribution in [2.24, 2.45) is 11.1 Å². The van der Waals surface area contributed by atoms with E-state index in [1.807, 2.05) is 6.92 Å². The molecule has 0 amide bonds. The van der Waals surface area contributed by atoms with Crippen LogP contribution in [0.2, 0.25) is 0 Å². The van der Waals surface area contributed by atoms with Crippen molar-refractivity contribution in [1.82, 2.24) is 0 Å². The SMILES string of the molecule is CCCCOCCOCCOCCC(CC)(CN)CO. The first kappa shape index (κ1) is 19.8. The van der Waals surface area contributed by atoms with Crippen molar-refractivity contribution in [3.8, 4) is 0 Å². The molecule has 0 aromatic carbocycles. The Morgan fingerprint density at radius 2 is 1.45 bits per heavy atom. The number of hydrogen-bond donors (Lipinski definition) is 2. The lowest BCUT2D eigenvalue weighted by Crippen LogP contribution is -2.35. The van der Waals surface area contributed by atoms with Gasteiger partial charge in [-0.2, -0.15) is 0 Å². The molecule has 1 atom stereocenters. The summed E-state index contributed by atoms with van der Waals surface area (Å²) in [5.41, 5.74) is 5.52. The molecule has 0 fully saturated rings. The highest BCUT2D eigenvalue weighted by Gasteiger charge is 2.25. The van der Waals surface area contributed by atoms with E-state index in [4.69, 9.17) is 19.9 Å². The zero-order valence-corrected chi connectivity index (χ0v) is 13.2. The van der Waals surface area contributed by atoms with E-state index in [1.165, 1.54) is 0 Å². The molecule has 0 saturated heterocycles. The first-order valence-corrected chi connectivity index (χ1v) is 7.78. The van der Waals surface area contributed by atoms with Crippen LogP contribution in [0.4, 0.5) is 0 Å². The largest absolute Gasteiger partial charge is 0.396 e. The van der Waals surface area contributed by atoms with Crippen LogP contribution >= 0.6 is 0 Å². The molecule has 0 rings (SSSR count). The molecular weight excluding hydrogens is 258 g/mol. The lowest BCUT2D eigenvalue weighted by Gasteiger charge is -2.28. The Morgan fingerprint density at radius 3 is 1.90 bits per heavy atom. The molecule has 0 aliphatic rings. The predicted octanol–water partition coefficient (Wildman–Crippen LogP) is 1.57. The fraction of sp³-hybridized carbons (Fsp3) is 1.00. The Hall–Kier alpha value is -0.200. The molecule has 0 heterocycles. The standard InChI is InChI=1S/C15H33NO4/c1-3-5-7-18-9-11-20-12-10-19-8-6-15(4-2,13-16)14-17/h17H,3-14,16H2,1-2H3. The third-order valence-electron chi connectivity index (χ3n) is 3.68. The molecule has 1 unspecified atom stereocenters. The van der Waals surface area contributed by atoms with Crippen LogP contribution in [0, 0.1) is 5.41 Å². The van der Waals surface area contributed by atoms with Gasteiger partial charge in [0, 0.05) is 31.8 Å². The summed E-state index contributed by atoms with van der Waals surface area (Å²) < 4.78 is 16.3. The molecule has 0 aliphatic carbocycles. The van der Waals surface area contributed by atoms with Gasteiger partial charge in [0.05, 0.1) is 26.4 Å². The summed E-state index contributed by atoms with van der Waals surface area (Å²) in [4.78, 5) is 0. The van der Waals surface area contributed by atoms with Crippen molar-refractivity contribution in [2.75, 3.05) is 52.8 Å². The number of nitrogens with two attached hydrogens (primary N) is 1. The summed E-state index contributed by atoms with van der Waals surface area (Å²) in [5, 5.41) is 9.36. The normalized spacial score (nSPS) is 14.4. The van der Waals surface area contributed by atoms with Gasteiger partial charge in [-0.3, -0.25) is 0 Å². The molecule has 0 bridgehead atoms. The van der Waals surface area contributed by atoms with Crippen LogP contribution in [-0.2, 0) is 14.2 Å². The van der Waals surface area contributed by atoms with Crippen LogP contribution in [0.25, 0.3) is 0 Å². The van der Waals surface area contributed by atoms with Gasteiger partial charge in [-0.25, -0.2) is 0 Å². The highest BCUT2D eigenvalue weighted by Crippen LogP contribution is 2.23. The van der Waals surface area contributed by atoms with Crippen molar-refractivity contribution in [3.63, 3.8) is 0 Å². The molecule has 0 aromatic rings. The van der Waals surface area contributed by atoms with Gasteiger partial charge in [0.15, 0.2) is 0 Å². The van der Waals surface area contributed by atoms with Crippen molar-refractivity contribution < 1.29 is 19.3 Å². The lowest BCUT2D eigenvalue weighted by atomic mass is 9.83. The van der Waals surface area contributed by atoms with E-state index >= 15 is 0 Å². The first-order valence-electron chi connectivity index (χ1n) is 7.78. The minimum atomic E-state index is -0.187. The van der Waals surface area contributed by atoms with Crippen LogP contribution < -0.4 is 5.73 Å². The average Bonchev–Trinajstić information content (AvgIpc) is 2.49. The Kier molecular flexibility index (Phi) is 13.6. The fourth-order valence-corrected chi connectivity index (χ4v) is 1.76. The van der Waals surface area contributed by atoms with Gasteiger partial charge in [0.1, 0.15) is 0 Å². The Balaban J connectivity index is 3.32. The monoisotopic (exact) mass is 291 g/mol. The highest BCUT2D eigenvalue weighted by atomic mass is 16.5. The molecule has 0 saturated carbocycles. The highest BCUT2D eigenvalue weighted by molar-refractivity contribution is 4.77. The van der Waals surface area contributed by atoms with E-state index in [0.717, 1.165) is 32.3 Å². The quantitative estimate of drug-likeness (QED) is 0.448. The summed E-state index contributed by atoms with van der Waals surface area (Å²) in [7, 11) is 0. The number of rotatable bonds is 15. The van der Waals surface area contributed by atoms with Crippen LogP contribution in [0.5, 0.6) is 0 Å². The Morgan fingerprint density at radius 1 is 0.900 bits per heavy atom. The zero-order chi connectivity index (χ0) is 15.1. The van der Waals surface area contributed by atoms with Gasteiger partial charge < -0.3 is 25.1 Å². The smallest absolute Gasteiger partial charge is 0.0701 e. The molecule has 0 spiro atoms. The minimum Gasteiger partial charge on any atom is -0.396 e. The van der Waals surface area contributed by atoms with E-state index < -0.39 is 0 Å². The van der Waals surface area contributed by atoms with Crippen molar-refractivity contribution in [2.45, 2.75) is 39.5 Å². The molecular formula is C15H33NO4. The van der Waals surface area contributed by atoms with Gasteiger partial charge >= 0.3 is 0 Å². The number of unbranched alkanes of at least 4 members (excludes halogenated alkanes) is 1. The average molecular weight is 291 g/mol. The zero-order valence-electron chi connectivity index (χ0n) is 13.2. The van der Waals surface area contributed by atoms with E-state index in [2.05, 4.69) is 6.92 Å². The van der Waals surface area contributed by atoms with Crippen LogP contribution in [0.1, 0.15) is 39.5 Å². The number of aliphatic hydroxyl groups excluding tert-OH is 1. The maximum absolute atomic E-state index is 9.36. The minimum absolute atomic E-state index is 0.120. The lowest BCUT2D eigenvalue weighted by molar-refractivity contribution is 0.00315. The van der Waals surface area contributed by atoms with Crippen LogP contribution in [-0.4, -0.2) is 57.9 Å². The second-order valence-corrected chi connectivity index (χ2v) is 5.16. The predicted molar refractivity (Wildman–Crippen MR) is 80.8 cm³/mol. The summed E-state index contributed by atoms with van der Waals surface area (Å²) in [6.45, 7) is 8.66. The molecule has 122 valence electrons. The number of ether oxygens (including phenoxy) is 3. The topological polar surface area (TPSA) is 73.9 Å². The van der Waals surface area contributed by atoms with E-state index in [0.29, 0.717) is 39.6 Å². The second-order valence-electron chi connectivity index (χ2n) is 5.16. The van der Waals surface area contributed by atoms with Crippen LogP contribution in [0.3, 0.4) is 0 Å². The number of aliphatic hydroxyl groups is 1. The third-order valence-corrected chi connectivity index (χ3v) is 3.68. The molecule has 5 nitrogen and oxygen atoms in total. The van der Waals surface area contributed by atoms with Crippen molar-refractivity contribution in [3.05, 3.63) is 0 Å². The summed E-state index contributed by atoms with van der Waals surface area (Å²) in [6.07, 6.45) is 3.92.